The highest BCUT2D eigenvalue weighted by atomic mass is 32.1. The van der Waals surface area contributed by atoms with Crippen molar-refractivity contribution in [3.05, 3.63) is 4.88 Å². The van der Waals surface area contributed by atoms with Crippen molar-refractivity contribution in [1.29, 1.82) is 0 Å². The van der Waals surface area contributed by atoms with Crippen LogP contribution in [0, 0.1) is 0 Å². The molecule has 0 spiro atoms. The first-order valence-electron chi connectivity index (χ1n) is 6.37. The van der Waals surface area contributed by atoms with E-state index in [0.29, 0.717) is 0 Å². The quantitative estimate of drug-likeness (QED) is 0.825. The lowest BCUT2D eigenvalue weighted by Crippen LogP contribution is -2.46. The molecule has 0 aliphatic rings. The van der Waals surface area contributed by atoms with Crippen LogP contribution >= 0.6 is 11.3 Å². The first-order chi connectivity index (χ1) is 8.77. The van der Waals surface area contributed by atoms with E-state index in [1.807, 2.05) is 19.0 Å². The third-order valence-corrected chi connectivity index (χ3v) is 4.48. The molecule has 0 unspecified atom stereocenters. The van der Waals surface area contributed by atoms with Gasteiger partial charge in [-0.25, -0.2) is 0 Å². The molecule has 0 fully saturated rings. The normalized spacial score (nSPS) is 12.0. The maximum absolute atomic E-state index is 5.33. The van der Waals surface area contributed by atoms with Crippen molar-refractivity contribution in [2.75, 3.05) is 46.7 Å². The molecule has 0 aliphatic carbocycles. The van der Waals surface area contributed by atoms with Gasteiger partial charge < -0.3 is 19.9 Å². The molecule has 1 rings (SSSR count). The number of hydrogen-bond acceptors (Lipinski definition) is 6. The van der Waals surface area contributed by atoms with E-state index < -0.39 is 0 Å². The van der Waals surface area contributed by atoms with Gasteiger partial charge in [0.05, 0.1) is 12.0 Å². The molecule has 110 valence electrons. The number of nitrogens with zero attached hydrogens (tertiary/aromatic N) is 3. The second kappa shape index (κ2) is 6.54. The lowest BCUT2D eigenvalue weighted by atomic mass is 10.0. The van der Waals surface area contributed by atoms with Crippen LogP contribution in [0.15, 0.2) is 0 Å². The van der Waals surface area contributed by atoms with E-state index in [2.05, 4.69) is 43.1 Å². The number of ether oxygens (including phenoxy) is 1. The molecule has 5 nitrogen and oxygen atoms in total. The van der Waals surface area contributed by atoms with E-state index in [4.69, 9.17) is 4.74 Å². The molecule has 19 heavy (non-hydrogen) atoms. The average Bonchev–Trinajstić information content (AvgIpc) is 2.72. The van der Waals surface area contributed by atoms with E-state index in [0.717, 1.165) is 29.0 Å². The van der Waals surface area contributed by atoms with Gasteiger partial charge in [-0.05, 0) is 27.9 Å². The summed E-state index contributed by atoms with van der Waals surface area (Å²) in [5.41, 5.74) is 0.127. The standard InChI is InChI=1S/C13H26N4OS/c1-13(2,17(5)6)9-14-8-10-11(18-7)15-12(19-10)16(3)4/h14H,8-9H2,1-7H3. The zero-order chi connectivity index (χ0) is 14.6. The molecule has 0 bridgehead atoms. The van der Waals surface area contributed by atoms with E-state index in [1.54, 1.807) is 18.4 Å². The fraction of sp³-hybridized carbons (Fsp3) is 0.769. The minimum absolute atomic E-state index is 0.127. The van der Waals surface area contributed by atoms with Crippen LogP contribution in [0.3, 0.4) is 0 Å². The number of rotatable bonds is 7. The van der Waals surface area contributed by atoms with Crippen molar-refractivity contribution in [2.45, 2.75) is 25.9 Å². The molecule has 1 aromatic rings. The molecule has 0 radical (unpaired) electrons. The van der Waals surface area contributed by atoms with Crippen LogP contribution < -0.4 is 15.0 Å². The Morgan fingerprint density at radius 3 is 2.37 bits per heavy atom. The average molecular weight is 286 g/mol. The Bertz CT molecular complexity index is 401. The summed E-state index contributed by atoms with van der Waals surface area (Å²) in [6.07, 6.45) is 0. The number of thiazole rings is 1. The Labute approximate surface area is 120 Å². The fourth-order valence-electron chi connectivity index (χ4n) is 1.43. The molecule has 0 amide bonds. The maximum atomic E-state index is 5.33. The molecular formula is C13H26N4OS. The maximum Gasteiger partial charge on any atom is 0.230 e. The molecular weight excluding hydrogens is 260 g/mol. The summed E-state index contributed by atoms with van der Waals surface area (Å²) in [4.78, 5) is 9.81. The Balaban J connectivity index is 2.62. The predicted octanol–water partition coefficient (Wildman–Crippen LogP) is 1.65. The van der Waals surface area contributed by atoms with Gasteiger partial charge in [-0.15, -0.1) is 0 Å². The molecule has 0 saturated heterocycles. The molecule has 0 atom stereocenters. The Morgan fingerprint density at radius 1 is 1.26 bits per heavy atom. The van der Waals surface area contributed by atoms with E-state index in [-0.39, 0.29) is 5.54 Å². The van der Waals surface area contributed by atoms with Crippen LogP contribution in [-0.4, -0.2) is 57.3 Å². The van der Waals surface area contributed by atoms with Crippen LogP contribution in [0.1, 0.15) is 18.7 Å². The Hall–Kier alpha value is -0.850. The van der Waals surface area contributed by atoms with E-state index in [9.17, 15) is 0 Å². The topological polar surface area (TPSA) is 40.6 Å². The van der Waals surface area contributed by atoms with Crippen molar-refractivity contribution in [1.82, 2.24) is 15.2 Å². The lowest BCUT2D eigenvalue weighted by Gasteiger charge is -2.32. The Morgan fingerprint density at radius 2 is 1.89 bits per heavy atom. The molecule has 0 aromatic carbocycles. The van der Waals surface area contributed by atoms with Gasteiger partial charge in [0.1, 0.15) is 0 Å². The van der Waals surface area contributed by atoms with Gasteiger partial charge in [0.2, 0.25) is 5.88 Å². The van der Waals surface area contributed by atoms with Crippen LogP contribution in [0.25, 0.3) is 0 Å². The lowest BCUT2D eigenvalue weighted by molar-refractivity contribution is 0.189. The van der Waals surface area contributed by atoms with E-state index >= 15 is 0 Å². The first-order valence-corrected chi connectivity index (χ1v) is 7.18. The number of methoxy groups -OCH3 is 1. The predicted molar refractivity (Wildman–Crippen MR) is 82.5 cm³/mol. The summed E-state index contributed by atoms with van der Waals surface area (Å²) < 4.78 is 5.33. The number of likely N-dealkylation sites (N-methyl/N-ethyl adjacent to an activating group) is 1. The van der Waals surface area contributed by atoms with Crippen LogP contribution in [0.4, 0.5) is 5.13 Å². The molecule has 1 heterocycles. The van der Waals surface area contributed by atoms with Crippen LogP contribution in [-0.2, 0) is 6.54 Å². The second-order valence-corrected chi connectivity index (χ2v) is 6.70. The fourth-order valence-corrected chi connectivity index (χ4v) is 2.35. The summed E-state index contributed by atoms with van der Waals surface area (Å²) in [5, 5.41) is 4.45. The summed E-state index contributed by atoms with van der Waals surface area (Å²) in [7, 11) is 9.84. The highest BCUT2D eigenvalue weighted by Gasteiger charge is 2.20. The summed E-state index contributed by atoms with van der Waals surface area (Å²) in [6, 6.07) is 0. The van der Waals surface area contributed by atoms with Crippen LogP contribution in [0.2, 0.25) is 0 Å². The Kier molecular flexibility index (Phi) is 5.58. The minimum atomic E-state index is 0.127. The van der Waals surface area contributed by atoms with Crippen molar-refractivity contribution in [3.63, 3.8) is 0 Å². The first kappa shape index (κ1) is 16.2. The molecule has 0 saturated carbocycles. The zero-order valence-electron chi connectivity index (χ0n) is 13.1. The third-order valence-electron chi connectivity index (χ3n) is 3.28. The number of hydrogen-bond donors (Lipinski definition) is 1. The minimum Gasteiger partial charge on any atom is -0.480 e. The highest BCUT2D eigenvalue weighted by molar-refractivity contribution is 7.15. The summed E-state index contributed by atoms with van der Waals surface area (Å²) in [6.45, 7) is 6.13. The van der Waals surface area contributed by atoms with E-state index in [1.165, 1.54) is 0 Å². The highest BCUT2D eigenvalue weighted by Crippen LogP contribution is 2.30. The summed E-state index contributed by atoms with van der Waals surface area (Å²) in [5.74, 6) is 0.726. The molecule has 1 N–H and O–H groups in total. The van der Waals surface area contributed by atoms with Crippen molar-refractivity contribution in [2.24, 2.45) is 0 Å². The number of nitrogens with one attached hydrogen (secondary N) is 1. The van der Waals surface area contributed by atoms with Crippen molar-refractivity contribution >= 4 is 16.5 Å². The molecule has 6 heteroatoms. The molecule has 0 aliphatic heterocycles. The largest absolute Gasteiger partial charge is 0.480 e. The number of aromatic nitrogens is 1. The van der Waals surface area contributed by atoms with Gasteiger partial charge >= 0.3 is 0 Å². The zero-order valence-corrected chi connectivity index (χ0v) is 13.9. The van der Waals surface area contributed by atoms with Gasteiger partial charge in [0, 0.05) is 32.7 Å². The number of anilines is 1. The SMILES string of the molecule is COc1nc(N(C)C)sc1CNCC(C)(C)N(C)C. The third kappa shape index (κ3) is 4.33. The van der Waals surface area contributed by atoms with Crippen LogP contribution in [0.5, 0.6) is 5.88 Å². The van der Waals surface area contributed by atoms with Crippen molar-refractivity contribution in [3.8, 4) is 5.88 Å². The smallest absolute Gasteiger partial charge is 0.230 e. The van der Waals surface area contributed by atoms with Gasteiger partial charge in [0.15, 0.2) is 5.13 Å². The monoisotopic (exact) mass is 286 g/mol. The van der Waals surface area contributed by atoms with Gasteiger partial charge in [-0.1, -0.05) is 11.3 Å². The van der Waals surface area contributed by atoms with Gasteiger partial charge in [-0.2, -0.15) is 4.98 Å². The van der Waals surface area contributed by atoms with Gasteiger partial charge in [0.25, 0.3) is 0 Å². The second-order valence-electron chi connectivity index (χ2n) is 5.63. The van der Waals surface area contributed by atoms with Gasteiger partial charge in [-0.3, -0.25) is 0 Å². The summed E-state index contributed by atoms with van der Waals surface area (Å²) >= 11 is 1.66. The van der Waals surface area contributed by atoms with Crippen molar-refractivity contribution < 1.29 is 4.74 Å². The molecule has 1 aromatic heterocycles.